The highest BCUT2D eigenvalue weighted by atomic mass is 35.5. The lowest BCUT2D eigenvalue weighted by Crippen LogP contribution is -2.02. The lowest BCUT2D eigenvalue weighted by molar-refractivity contribution is 0.299. The van der Waals surface area contributed by atoms with Crippen molar-refractivity contribution in [2.45, 2.75) is 13.5 Å². The maximum absolute atomic E-state index is 13.9. The highest BCUT2D eigenvalue weighted by molar-refractivity contribution is 6.31. The zero-order valence-electron chi connectivity index (χ0n) is 10.2. The molecule has 0 bridgehead atoms. The zero-order valence-corrected chi connectivity index (χ0v) is 11.0. The van der Waals surface area contributed by atoms with Gasteiger partial charge in [0.15, 0.2) is 0 Å². The summed E-state index contributed by atoms with van der Waals surface area (Å²) in [6.45, 7) is 1.60. The summed E-state index contributed by atoms with van der Waals surface area (Å²) < 4.78 is 32.2. The molecule has 0 saturated heterocycles. The predicted molar refractivity (Wildman–Crippen MR) is 71.3 cm³/mol. The predicted octanol–water partition coefficient (Wildman–Crippen LogP) is 4.09. The van der Waals surface area contributed by atoms with Gasteiger partial charge in [0.2, 0.25) is 0 Å². The van der Waals surface area contributed by atoms with Gasteiger partial charge in [-0.05, 0) is 30.7 Å². The maximum atomic E-state index is 13.9. The van der Waals surface area contributed by atoms with Gasteiger partial charge in [-0.2, -0.15) is 0 Å². The molecule has 0 fully saturated rings. The third kappa shape index (κ3) is 2.96. The number of nitrogens with two attached hydrogens (primary N) is 1. The van der Waals surface area contributed by atoms with Crippen molar-refractivity contribution < 1.29 is 13.5 Å². The summed E-state index contributed by atoms with van der Waals surface area (Å²) in [5, 5.41) is 0.290. The van der Waals surface area contributed by atoms with E-state index in [2.05, 4.69) is 0 Å². The van der Waals surface area contributed by atoms with Crippen molar-refractivity contribution in [3.63, 3.8) is 0 Å². The van der Waals surface area contributed by atoms with Crippen LogP contribution in [0.3, 0.4) is 0 Å². The number of hydrogen-bond acceptors (Lipinski definition) is 2. The molecule has 0 radical (unpaired) electrons. The number of hydrogen-bond donors (Lipinski definition) is 1. The van der Waals surface area contributed by atoms with Gasteiger partial charge in [-0.25, -0.2) is 8.78 Å². The fourth-order valence-electron chi connectivity index (χ4n) is 1.61. The first kappa shape index (κ1) is 13.6. The summed E-state index contributed by atoms with van der Waals surface area (Å²) in [7, 11) is 0. The van der Waals surface area contributed by atoms with Crippen LogP contribution in [-0.2, 0) is 6.61 Å². The molecule has 0 aromatic heterocycles. The zero-order chi connectivity index (χ0) is 14.0. The van der Waals surface area contributed by atoms with Crippen LogP contribution in [-0.4, -0.2) is 0 Å². The van der Waals surface area contributed by atoms with Gasteiger partial charge in [-0.3, -0.25) is 0 Å². The SMILES string of the molecule is Cc1ccc(Cl)c(COc2ccc(F)c(N)c2)c1F. The van der Waals surface area contributed by atoms with Gasteiger partial charge in [-0.15, -0.1) is 0 Å². The molecule has 0 spiro atoms. The lowest BCUT2D eigenvalue weighted by atomic mass is 10.1. The van der Waals surface area contributed by atoms with E-state index in [1.807, 2.05) is 0 Å². The Kier molecular flexibility index (Phi) is 3.90. The first-order valence-corrected chi connectivity index (χ1v) is 5.98. The molecule has 0 unspecified atom stereocenters. The van der Waals surface area contributed by atoms with Crippen LogP contribution in [0.15, 0.2) is 30.3 Å². The summed E-state index contributed by atoms with van der Waals surface area (Å²) in [6, 6.07) is 7.16. The molecule has 0 aliphatic heterocycles. The van der Waals surface area contributed by atoms with Gasteiger partial charge in [-0.1, -0.05) is 17.7 Å². The van der Waals surface area contributed by atoms with Crippen LogP contribution in [0, 0.1) is 18.6 Å². The van der Waals surface area contributed by atoms with Gasteiger partial charge in [0.1, 0.15) is 24.0 Å². The molecule has 2 N–H and O–H groups in total. The Morgan fingerprint density at radius 3 is 2.63 bits per heavy atom. The molecule has 0 aliphatic rings. The van der Waals surface area contributed by atoms with E-state index in [-0.39, 0.29) is 22.9 Å². The highest BCUT2D eigenvalue weighted by Gasteiger charge is 2.11. The Morgan fingerprint density at radius 1 is 1.21 bits per heavy atom. The fourth-order valence-corrected chi connectivity index (χ4v) is 1.81. The number of nitrogen functional groups attached to an aromatic ring is 1. The van der Waals surface area contributed by atoms with Crippen LogP contribution in [0.1, 0.15) is 11.1 Å². The second-order valence-corrected chi connectivity index (χ2v) is 4.54. The monoisotopic (exact) mass is 283 g/mol. The molecular weight excluding hydrogens is 272 g/mol. The van der Waals surface area contributed by atoms with Crippen LogP contribution in [0.2, 0.25) is 5.02 Å². The third-order valence-electron chi connectivity index (χ3n) is 2.73. The summed E-state index contributed by atoms with van der Waals surface area (Å²) in [4.78, 5) is 0. The van der Waals surface area contributed by atoms with E-state index in [4.69, 9.17) is 22.1 Å². The van der Waals surface area contributed by atoms with Crippen LogP contribution in [0.5, 0.6) is 5.75 Å². The van der Waals surface area contributed by atoms with E-state index in [0.29, 0.717) is 11.3 Å². The van der Waals surface area contributed by atoms with Crippen molar-refractivity contribution in [1.82, 2.24) is 0 Å². The Bertz CT molecular complexity index is 617. The van der Waals surface area contributed by atoms with E-state index in [9.17, 15) is 8.78 Å². The number of anilines is 1. The number of rotatable bonds is 3. The van der Waals surface area contributed by atoms with Crippen LogP contribution in [0.25, 0.3) is 0 Å². The minimum atomic E-state index is -0.521. The third-order valence-corrected chi connectivity index (χ3v) is 3.08. The molecule has 2 aromatic carbocycles. The second kappa shape index (κ2) is 5.45. The van der Waals surface area contributed by atoms with Crippen molar-refractivity contribution in [1.29, 1.82) is 0 Å². The first-order valence-electron chi connectivity index (χ1n) is 5.60. The molecule has 19 heavy (non-hydrogen) atoms. The number of halogens is 3. The smallest absolute Gasteiger partial charge is 0.146 e. The topological polar surface area (TPSA) is 35.2 Å². The molecule has 2 nitrogen and oxygen atoms in total. The molecule has 0 amide bonds. The van der Waals surface area contributed by atoms with E-state index in [0.717, 1.165) is 0 Å². The van der Waals surface area contributed by atoms with Crippen molar-refractivity contribution in [2.75, 3.05) is 5.73 Å². The Hall–Kier alpha value is -1.81. The lowest BCUT2D eigenvalue weighted by Gasteiger charge is -2.10. The average Bonchev–Trinajstić information content (AvgIpc) is 2.38. The normalized spacial score (nSPS) is 10.5. The van der Waals surface area contributed by atoms with Gasteiger partial charge in [0.05, 0.1) is 10.7 Å². The Labute approximate surface area is 114 Å². The van der Waals surface area contributed by atoms with Crippen molar-refractivity contribution in [3.8, 4) is 5.75 Å². The van der Waals surface area contributed by atoms with Crippen LogP contribution in [0.4, 0.5) is 14.5 Å². The summed E-state index contributed by atoms with van der Waals surface area (Å²) in [5.74, 6) is -0.564. The van der Waals surface area contributed by atoms with Gasteiger partial charge in [0, 0.05) is 11.6 Å². The molecule has 0 saturated carbocycles. The average molecular weight is 284 g/mol. The second-order valence-electron chi connectivity index (χ2n) is 4.13. The maximum Gasteiger partial charge on any atom is 0.146 e. The van der Waals surface area contributed by atoms with E-state index < -0.39 is 11.6 Å². The molecule has 2 aromatic rings. The Morgan fingerprint density at radius 2 is 1.95 bits per heavy atom. The molecule has 2 rings (SSSR count). The van der Waals surface area contributed by atoms with Crippen LogP contribution < -0.4 is 10.5 Å². The molecule has 0 atom stereocenters. The van der Waals surface area contributed by atoms with Crippen molar-refractivity contribution >= 4 is 17.3 Å². The summed E-state index contributed by atoms with van der Waals surface area (Å²) >= 11 is 5.92. The number of benzene rings is 2. The minimum absolute atomic E-state index is 0.0201. The molecule has 0 heterocycles. The standard InChI is InChI=1S/C14H12ClF2NO/c1-8-2-4-11(15)10(14(8)17)7-19-9-3-5-12(16)13(18)6-9/h2-6H,7,18H2,1H3. The van der Waals surface area contributed by atoms with Crippen LogP contribution >= 0.6 is 11.6 Å². The van der Waals surface area contributed by atoms with E-state index in [1.165, 1.54) is 18.2 Å². The summed E-state index contributed by atoms with van der Waals surface area (Å²) in [5.41, 5.74) is 6.15. The molecule has 100 valence electrons. The largest absolute Gasteiger partial charge is 0.489 e. The first-order chi connectivity index (χ1) is 8.99. The molecule has 5 heteroatoms. The molecular formula is C14H12ClF2NO. The van der Waals surface area contributed by atoms with Crippen molar-refractivity contribution in [3.05, 3.63) is 58.1 Å². The van der Waals surface area contributed by atoms with Gasteiger partial charge >= 0.3 is 0 Å². The molecule has 0 aliphatic carbocycles. The Balaban J connectivity index is 2.19. The minimum Gasteiger partial charge on any atom is -0.489 e. The van der Waals surface area contributed by atoms with E-state index in [1.54, 1.807) is 19.1 Å². The van der Waals surface area contributed by atoms with Gasteiger partial charge in [0.25, 0.3) is 0 Å². The number of aryl methyl sites for hydroxylation is 1. The number of ether oxygens (including phenoxy) is 1. The quantitative estimate of drug-likeness (QED) is 0.861. The highest BCUT2D eigenvalue weighted by Crippen LogP contribution is 2.25. The fraction of sp³-hybridized carbons (Fsp3) is 0.143. The van der Waals surface area contributed by atoms with Crippen molar-refractivity contribution in [2.24, 2.45) is 0 Å². The van der Waals surface area contributed by atoms with Gasteiger partial charge < -0.3 is 10.5 Å². The summed E-state index contributed by atoms with van der Waals surface area (Å²) in [6.07, 6.45) is 0. The van der Waals surface area contributed by atoms with E-state index >= 15 is 0 Å².